The van der Waals surface area contributed by atoms with Crippen LogP contribution in [-0.2, 0) is 6.54 Å². The number of likely N-dealkylation sites (tertiary alicyclic amines) is 1. The van der Waals surface area contributed by atoms with E-state index in [0.717, 1.165) is 25.2 Å². The highest BCUT2D eigenvalue weighted by molar-refractivity contribution is 5.74. The maximum absolute atomic E-state index is 11.6. The van der Waals surface area contributed by atoms with Crippen LogP contribution in [0.2, 0.25) is 0 Å². The Hall–Kier alpha value is -1.62. The molecule has 1 aliphatic rings. The number of amides is 2. The first kappa shape index (κ1) is 11.9. The summed E-state index contributed by atoms with van der Waals surface area (Å²) in [7, 11) is 2.06. The Morgan fingerprint density at radius 2 is 2.53 bits per heavy atom. The molecular weight excluding hydrogens is 216 g/mol. The summed E-state index contributed by atoms with van der Waals surface area (Å²) in [5, 5.41) is 5.77. The van der Waals surface area contributed by atoms with Crippen molar-refractivity contribution in [1.82, 2.24) is 20.5 Å². The Morgan fingerprint density at radius 3 is 3.18 bits per heavy atom. The summed E-state index contributed by atoms with van der Waals surface area (Å²) in [5.41, 5.74) is 0.867. The molecule has 0 unspecified atom stereocenters. The molecule has 5 nitrogen and oxygen atoms in total. The van der Waals surface area contributed by atoms with Crippen molar-refractivity contribution < 1.29 is 7.65 Å². The highest BCUT2D eigenvalue weighted by atomic mass is 16.2. The highest BCUT2D eigenvalue weighted by Crippen LogP contribution is 2.05. The van der Waals surface area contributed by atoms with Gasteiger partial charge in [-0.3, -0.25) is 4.98 Å². The van der Waals surface area contributed by atoms with Gasteiger partial charge in [-0.15, -0.1) is 0 Å². The van der Waals surface area contributed by atoms with Gasteiger partial charge in [0, 0.05) is 21.6 Å². The summed E-state index contributed by atoms with van der Waals surface area (Å²) < 4.78 is 0. The third kappa shape index (κ3) is 3.71. The molecule has 0 spiro atoms. The number of pyridine rings is 1. The fourth-order valence-electron chi connectivity index (χ4n) is 1.96. The second-order valence-electron chi connectivity index (χ2n) is 4.40. The Balaban J connectivity index is 0.00000162. The second kappa shape index (κ2) is 5.63. The summed E-state index contributed by atoms with van der Waals surface area (Å²) in [5.74, 6) is 0. The molecule has 17 heavy (non-hydrogen) atoms. The Kier molecular flexibility index (Phi) is 3.93. The molecule has 0 aliphatic carbocycles. The maximum atomic E-state index is 11.6. The number of nitrogens with zero attached hydrogens (tertiary/aromatic N) is 2. The van der Waals surface area contributed by atoms with Crippen molar-refractivity contribution in [2.24, 2.45) is 0 Å². The van der Waals surface area contributed by atoms with Gasteiger partial charge in [0.2, 0.25) is 0 Å². The Morgan fingerprint density at radius 1 is 1.65 bits per heavy atom. The van der Waals surface area contributed by atoms with Gasteiger partial charge in [0.05, 0.1) is 12.2 Å². The molecule has 5 heteroatoms. The van der Waals surface area contributed by atoms with Crippen molar-refractivity contribution in [2.75, 3.05) is 20.1 Å². The molecule has 1 aromatic rings. The molecular formula is C12H22N4O. The van der Waals surface area contributed by atoms with E-state index in [1.165, 1.54) is 0 Å². The lowest BCUT2D eigenvalue weighted by Crippen LogP contribution is -2.42. The third-order valence-corrected chi connectivity index (χ3v) is 2.88. The van der Waals surface area contributed by atoms with Crippen molar-refractivity contribution in [3.8, 4) is 0 Å². The van der Waals surface area contributed by atoms with Crippen molar-refractivity contribution in [3.05, 3.63) is 30.1 Å². The van der Waals surface area contributed by atoms with Crippen molar-refractivity contribution >= 4 is 6.03 Å². The van der Waals surface area contributed by atoms with E-state index in [-0.39, 0.29) is 14.9 Å². The van der Waals surface area contributed by atoms with E-state index >= 15 is 0 Å². The average molecular weight is 238 g/mol. The first-order valence-corrected chi connectivity index (χ1v) is 5.87. The van der Waals surface area contributed by atoms with E-state index in [9.17, 15) is 4.79 Å². The fraction of sp³-hybridized carbons (Fsp3) is 0.500. The van der Waals surface area contributed by atoms with Gasteiger partial charge in [0.25, 0.3) is 0 Å². The van der Waals surface area contributed by atoms with Gasteiger partial charge in [-0.05, 0) is 32.1 Å². The zero-order valence-electron chi connectivity index (χ0n) is 10.0. The van der Waals surface area contributed by atoms with Gasteiger partial charge in [0.1, 0.15) is 0 Å². The molecule has 1 aromatic heterocycles. The van der Waals surface area contributed by atoms with Crippen LogP contribution in [0.25, 0.3) is 0 Å². The molecule has 1 aliphatic heterocycles. The molecule has 1 atom stereocenters. The number of aromatic nitrogens is 1. The minimum Gasteiger partial charge on any atom is -0.334 e. The largest absolute Gasteiger partial charge is 0.334 e. The van der Waals surface area contributed by atoms with Gasteiger partial charge in [-0.2, -0.15) is 0 Å². The van der Waals surface area contributed by atoms with Crippen LogP contribution in [-0.4, -0.2) is 42.1 Å². The lowest BCUT2D eigenvalue weighted by Gasteiger charge is -2.13. The summed E-state index contributed by atoms with van der Waals surface area (Å²) >= 11 is 0. The molecule has 1 saturated heterocycles. The molecule has 0 radical (unpaired) electrons. The first-order chi connectivity index (χ1) is 8.24. The number of likely N-dealkylation sites (N-methyl/N-ethyl adjacent to an activating group) is 1. The van der Waals surface area contributed by atoms with Crippen LogP contribution >= 0.6 is 0 Å². The van der Waals surface area contributed by atoms with Gasteiger partial charge in [-0.25, -0.2) is 4.79 Å². The maximum Gasteiger partial charge on any atom is 0.315 e. The van der Waals surface area contributed by atoms with Crippen LogP contribution in [0, 0.1) is 0 Å². The van der Waals surface area contributed by atoms with Crippen molar-refractivity contribution in [2.45, 2.75) is 19.0 Å². The minimum absolute atomic E-state index is 0. The summed E-state index contributed by atoms with van der Waals surface area (Å²) in [6.45, 7) is 2.44. The number of hydrogen-bond acceptors (Lipinski definition) is 3. The molecule has 2 N–H and O–H groups in total. The van der Waals surface area contributed by atoms with Gasteiger partial charge >= 0.3 is 6.03 Å². The Bertz CT molecular complexity index is 377. The van der Waals surface area contributed by atoms with Crippen LogP contribution in [0.1, 0.15) is 15.0 Å². The summed E-state index contributed by atoms with van der Waals surface area (Å²) in [4.78, 5) is 18.0. The SMILES string of the molecule is CN1CC[C@@H](NC(=O)NCc2ccccn2)C1.[HH].[HH]. The number of rotatable bonds is 3. The normalized spacial score (nSPS) is 20.2. The van der Waals surface area contributed by atoms with Crippen LogP contribution in [0.15, 0.2) is 24.4 Å². The smallest absolute Gasteiger partial charge is 0.315 e. The predicted molar refractivity (Wildman–Crippen MR) is 69.7 cm³/mol. The first-order valence-electron chi connectivity index (χ1n) is 5.87. The monoisotopic (exact) mass is 238 g/mol. The van der Waals surface area contributed by atoms with Gasteiger partial charge in [-0.1, -0.05) is 6.07 Å². The van der Waals surface area contributed by atoms with E-state index in [1.807, 2.05) is 18.2 Å². The van der Waals surface area contributed by atoms with Crippen LogP contribution in [0.4, 0.5) is 4.79 Å². The van der Waals surface area contributed by atoms with E-state index in [2.05, 4.69) is 27.6 Å². The van der Waals surface area contributed by atoms with Crippen molar-refractivity contribution in [1.29, 1.82) is 0 Å². The number of hydrogen-bond donors (Lipinski definition) is 2. The molecule has 0 aromatic carbocycles. The summed E-state index contributed by atoms with van der Waals surface area (Å²) in [6.07, 6.45) is 2.74. The van der Waals surface area contributed by atoms with Crippen LogP contribution in [0.5, 0.6) is 0 Å². The van der Waals surface area contributed by atoms with Gasteiger partial charge < -0.3 is 15.5 Å². The average Bonchev–Trinajstić information content (AvgIpc) is 2.73. The minimum atomic E-state index is -0.115. The van der Waals surface area contributed by atoms with Crippen LogP contribution < -0.4 is 10.6 Å². The molecule has 1 fully saturated rings. The molecule has 96 valence electrons. The fourth-order valence-corrected chi connectivity index (χ4v) is 1.96. The van der Waals surface area contributed by atoms with Crippen LogP contribution in [0.3, 0.4) is 0 Å². The second-order valence-corrected chi connectivity index (χ2v) is 4.40. The van der Waals surface area contributed by atoms with Crippen molar-refractivity contribution in [3.63, 3.8) is 0 Å². The van der Waals surface area contributed by atoms with E-state index in [1.54, 1.807) is 6.20 Å². The number of carbonyl (C=O) groups excluding carboxylic acids is 1. The number of nitrogens with one attached hydrogen (secondary N) is 2. The van der Waals surface area contributed by atoms with E-state index in [4.69, 9.17) is 0 Å². The predicted octanol–water partition coefficient (Wildman–Crippen LogP) is 1.08. The molecule has 2 heterocycles. The molecule has 2 amide bonds. The zero-order chi connectivity index (χ0) is 12.1. The zero-order valence-corrected chi connectivity index (χ0v) is 10.0. The highest BCUT2D eigenvalue weighted by Gasteiger charge is 2.20. The van der Waals surface area contributed by atoms with Gasteiger partial charge in [0.15, 0.2) is 0 Å². The standard InChI is InChI=1S/C12H18N4O.2H2/c1-16-7-5-11(9-16)15-12(17)14-8-10-4-2-3-6-13-10;;/h2-4,6,11H,5,7-9H2,1H3,(H2,14,15,17);2*1H/t11-;;/m1../s1. The third-order valence-electron chi connectivity index (χ3n) is 2.88. The topological polar surface area (TPSA) is 57.3 Å². The quantitative estimate of drug-likeness (QED) is 0.828. The number of urea groups is 1. The molecule has 0 saturated carbocycles. The Labute approximate surface area is 104 Å². The number of carbonyl (C=O) groups is 1. The molecule has 2 rings (SSSR count). The van der Waals surface area contributed by atoms with E-state index < -0.39 is 0 Å². The lowest BCUT2D eigenvalue weighted by molar-refractivity contribution is 0.236. The van der Waals surface area contributed by atoms with E-state index in [0.29, 0.717) is 6.54 Å². The summed E-state index contributed by atoms with van der Waals surface area (Å²) in [6, 6.07) is 5.81. The lowest BCUT2D eigenvalue weighted by atomic mass is 10.3. The molecule has 0 bridgehead atoms.